The van der Waals surface area contributed by atoms with E-state index in [9.17, 15) is 0 Å². The fraction of sp³-hybridized carbons (Fsp3) is 0.231. The molecule has 0 amide bonds. The molecule has 0 saturated carbocycles. The minimum Gasteiger partial charge on any atom is -0.238 e. The number of nitrogens with zero attached hydrogens (tertiary/aromatic N) is 2. The molecule has 2 nitrogen and oxygen atoms in total. The Morgan fingerprint density at radius 3 is 2.38 bits per heavy atom. The van der Waals surface area contributed by atoms with E-state index in [1.165, 1.54) is 11.1 Å². The van der Waals surface area contributed by atoms with E-state index in [4.69, 9.17) is 11.6 Å². The van der Waals surface area contributed by atoms with E-state index in [1.807, 2.05) is 6.92 Å². The van der Waals surface area contributed by atoms with E-state index in [-0.39, 0.29) is 0 Å². The lowest BCUT2D eigenvalue weighted by molar-refractivity contribution is 0.942. The first-order chi connectivity index (χ1) is 7.63. The van der Waals surface area contributed by atoms with Crippen LogP contribution in [0.1, 0.15) is 22.6 Å². The van der Waals surface area contributed by atoms with Crippen LogP contribution >= 0.6 is 11.6 Å². The first-order valence-electron chi connectivity index (χ1n) is 5.19. The minimum atomic E-state index is 0.509. The molecule has 0 bridgehead atoms. The summed E-state index contributed by atoms with van der Waals surface area (Å²) in [4.78, 5) is 8.56. The lowest BCUT2D eigenvalue weighted by Gasteiger charge is -2.03. The Morgan fingerprint density at radius 2 is 1.75 bits per heavy atom. The molecule has 0 aliphatic heterocycles. The van der Waals surface area contributed by atoms with Crippen LogP contribution in [-0.4, -0.2) is 9.97 Å². The van der Waals surface area contributed by atoms with Gasteiger partial charge in [-0.1, -0.05) is 41.4 Å². The van der Waals surface area contributed by atoms with Crippen LogP contribution < -0.4 is 0 Å². The van der Waals surface area contributed by atoms with Crippen LogP contribution in [-0.2, 0) is 6.42 Å². The summed E-state index contributed by atoms with van der Waals surface area (Å²) in [7, 11) is 0. The summed E-state index contributed by atoms with van der Waals surface area (Å²) in [5.41, 5.74) is 3.36. The molecule has 0 spiro atoms. The van der Waals surface area contributed by atoms with Crippen molar-refractivity contribution in [3.8, 4) is 0 Å². The molecular formula is C13H13ClN2. The summed E-state index contributed by atoms with van der Waals surface area (Å²) in [6.07, 6.45) is 0.724. The molecule has 0 aliphatic carbocycles. The highest BCUT2D eigenvalue weighted by Crippen LogP contribution is 2.11. The molecule has 2 rings (SSSR count). The Morgan fingerprint density at radius 1 is 1.06 bits per heavy atom. The molecule has 0 N–H and O–H groups in total. The van der Waals surface area contributed by atoms with E-state index >= 15 is 0 Å². The van der Waals surface area contributed by atoms with E-state index in [0.717, 1.165) is 17.9 Å². The summed E-state index contributed by atoms with van der Waals surface area (Å²) in [6.45, 7) is 4.00. The Kier molecular flexibility index (Phi) is 3.20. The smallest absolute Gasteiger partial charge is 0.134 e. The number of rotatable bonds is 2. The summed E-state index contributed by atoms with van der Waals surface area (Å²) < 4.78 is 0. The van der Waals surface area contributed by atoms with Crippen molar-refractivity contribution in [3.63, 3.8) is 0 Å². The second kappa shape index (κ2) is 4.62. The molecule has 0 atom stereocenters. The molecule has 0 aliphatic rings. The summed E-state index contributed by atoms with van der Waals surface area (Å²) >= 11 is 5.89. The van der Waals surface area contributed by atoms with Gasteiger partial charge in [0.05, 0.1) is 0 Å². The van der Waals surface area contributed by atoms with Crippen LogP contribution in [0.2, 0.25) is 5.15 Å². The number of hydrogen-bond acceptors (Lipinski definition) is 2. The Hall–Kier alpha value is -1.41. The molecule has 0 radical (unpaired) electrons. The van der Waals surface area contributed by atoms with Gasteiger partial charge in [0.2, 0.25) is 0 Å². The minimum absolute atomic E-state index is 0.509. The van der Waals surface area contributed by atoms with Crippen LogP contribution in [0.5, 0.6) is 0 Å². The zero-order valence-electron chi connectivity index (χ0n) is 9.37. The first-order valence-corrected chi connectivity index (χ1v) is 5.57. The van der Waals surface area contributed by atoms with Crippen molar-refractivity contribution < 1.29 is 0 Å². The number of aryl methyl sites for hydroxylation is 2. The molecular weight excluding hydrogens is 220 g/mol. The van der Waals surface area contributed by atoms with Gasteiger partial charge in [0, 0.05) is 12.1 Å². The van der Waals surface area contributed by atoms with Gasteiger partial charge in [0.25, 0.3) is 0 Å². The molecule has 82 valence electrons. The molecule has 1 aromatic heterocycles. The lowest BCUT2D eigenvalue weighted by Crippen LogP contribution is -1.98. The molecule has 0 unspecified atom stereocenters. The van der Waals surface area contributed by atoms with Gasteiger partial charge in [-0.05, 0) is 25.5 Å². The third-order valence-electron chi connectivity index (χ3n) is 2.35. The Labute approximate surface area is 100 Å². The van der Waals surface area contributed by atoms with Crippen molar-refractivity contribution in [1.82, 2.24) is 9.97 Å². The van der Waals surface area contributed by atoms with E-state index in [1.54, 1.807) is 6.07 Å². The Balaban J connectivity index is 2.23. The maximum Gasteiger partial charge on any atom is 0.134 e. The predicted octanol–water partition coefficient (Wildman–Crippen LogP) is 3.34. The first kappa shape index (κ1) is 11.1. The van der Waals surface area contributed by atoms with Gasteiger partial charge in [0.1, 0.15) is 11.0 Å². The summed E-state index contributed by atoms with van der Waals surface area (Å²) in [6, 6.07) is 10.1. The monoisotopic (exact) mass is 232 g/mol. The fourth-order valence-corrected chi connectivity index (χ4v) is 1.81. The molecule has 1 heterocycles. The van der Waals surface area contributed by atoms with E-state index in [0.29, 0.717) is 5.15 Å². The standard InChI is InChI=1S/C13H13ClN2/c1-9-3-5-11(6-4-9)8-13-15-10(2)7-12(14)16-13/h3-7H,8H2,1-2H3. The highest BCUT2D eigenvalue weighted by molar-refractivity contribution is 6.29. The van der Waals surface area contributed by atoms with Crippen molar-refractivity contribution in [2.24, 2.45) is 0 Å². The van der Waals surface area contributed by atoms with Crippen LogP contribution in [0.4, 0.5) is 0 Å². The number of halogens is 1. The highest BCUT2D eigenvalue weighted by Gasteiger charge is 2.02. The van der Waals surface area contributed by atoms with Gasteiger partial charge in [-0.3, -0.25) is 0 Å². The van der Waals surface area contributed by atoms with Gasteiger partial charge in [-0.25, -0.2) is 9.97 Å². The number of benzene rings is 1. The number of hydrogen-bond donors (Lipinski definition) is 0. The average molecular weight is 233 g/mol. The van der Waals surface area contributed by atoms with Gasteiger partial charge in [-0.2, -0.15) is 0 Å². The van der Waals surface area contributed by atoms with Crippen molar-refractivity contribution >= 4 is 11.6 Å². The molecule has 0 fully saturated rings. The van der Waals surface area contributed by atoms with Crippen LogP contribution in [0.3, 0.4) is 0 Å². The predicted molar refractivity (Wildman–Crippen MR) is 65.8 cm³/mol. The van der Waals surface area contributed by atoms with Crippen LogP contribution in [0.25, 0.3) is 0 Å². The van der Waals surface area contributed by atoms with E-state index in [2.05, 4.69) is 41.2 Å². The van der Waals surface area contributed by atoms with Crippen LogP contribution in [0, 0.1) is 13.8 Å². The molecule has 16 heavy (non-hydrogen) atoms. The molecule has 3 heteroatoms. The maximum atomic E-state index is 5.89. The van der Waals surface area contributed by atoms with Gasteiger partial charge in [-0.15, -0.1) is 0 Å². The van der Waals surface area contributed by atoms with Crippen molar-refractivity contribution in [2.75, 3.05) is 0 Å². The Bertz CT molecular complexity index is 472. The maximum absolute atomic E-state index is 5.89. The van der Waals surface area contributed by atoms with Gasteiger partial charge in [0.15, 0.2) is 0 Å². The topological polar surface area (TPSA) is 25.8 Å². The zero-order valence-corrected chi connectivity index (χ0v) is 10.1. The summed E-state index contributed by atoms with van der Waals surface area (Å²) in [5.74, 6) is 0.772. The highest BCUT2D eigenvalue weighted by atomic mass is 35.5. The van der Waals surface area contributed by atoms with Crippen LogP contribution in [0.15, 0.2) is 30.3 Å². The second-order valence-electron chi connectivity index (χ2n) is 3.91. The second-order valence-corrected chi connectivity index (χ2v) is 4.30. The van der Waals surface area contributed by atoms with Crippen molar-refractivity contribution in [3.05, 3.63) is 58.1 Å². The largest absolute Gasteiger partial charge is 0.238 e. The van der Waals surface area contributed by atoms with Gasteiger partial charge < -0.3 is 0 Å². The fourth-order valence-electron chi connectivity index (χ4n) is 1.56. The molecule has 0 saturated heterocycles. The zero-order chi connectivity index (χ0) is 11.5. The molecule has 2 aromatic rings. The third kappa shape index (κ3) is 2.80. The summed E-state index contributed by atoms with van der Waals surface area (Å²) in [5, 5.41) is 0.509. The SMILES string of the molecule is Cc1ccc(Cc2nc(C)cc(Cl)n2)cc1. The van der Waals surface area contributed by atoms with E-state index < -0.39 is 0 Å². The number of aromatic nitrogens is 2. The average Bonchev–Trinajstić information content (AvgIpc) is 2.20. The van der Waals surface area contributed by atoms with Gasteiger partial charge >= 0.3 is 0 Å². The third-order valence-corrected chi connectivity index (χ3v) is 2.55. The quantitative estimate of drug-likeness (QED) is 0.743. The normalized spacial score (nSPS) is 10.4. The van der Waals surface area contributed by atoms with Crippen molar-refractivity contribution in [2.45, 2.75) is 20.3 Å². The lowest BCUT2D eigenvalue weighted by atomic mass is 10.1. The molecule has 1 aromatic carbocycles. The van der Waals surface area contributed by atoms with Crippen molar-refractivity contribution in [1.29, 1.82) is 0 Å².